The molecule has 0 fully saturated rings. The van der Waals surface area contributed by atoms with Gasteiger partial charge in [-0.15, -0.1) is 11.3 Å². The van der Waals surface area contributed by atoms with Crippen molar-refractivity contribution < 1.29 is 0 Å². The van der Waals surface area contributed by atoms with E-state index in [1.165, 1.54) is 37.7 Å². The molecule has 4 heteroatoms. The molecule has 200 valence electrons. The number of hydrogen-bond donors (Lipinski definition) is 0. The average molecular weight is 566 g/mol. The number of fused-ring (bicyclic) bond motifs is 4. The van der Waals surface area contributed by atoms with Gasteiger partial charge in [-0.25, -0.2) is 15.0 Å². The Morgan fingerprint density at radius 1 is 0.395 bits per heavy atom. The SMILES string of the molecule is c1ccc(-c2ccccc2-c2nc(-c3cc4ccccc4s3)nc(-c3ccc4c5c(cccc35)-c3ccccc3-4)n2)cc1. The summed E-state index contributed by atoms with van der Waals surface area (Å²) in [5.41, 5.74) is 9.30. The standard InChI is InChI=1S/C39H23N3S/c1-2-11-24(12-3-1)26-14-5-8-17-32(26)37-40-38(42-39(41-37)35-23-25-13-4-9-20-34(25)43-35)33-22-21-31-28-16-7-6-15-27(28)29-18-10-19-30(33)36(29)31/h1-23H. The molecular weight excluding hydrogens is 543 g/mol. The van der Waals surface area contributed by atoms with Crippen molar-refractivity contribution in [3.63, 3.8) is 0 Å². The van der Waals surface area contributed by atoms with Crippen LogP contribution in [-0.4, -0.2) is 15.0 Å². The average Bonchev–Trinajstić information content (AvgIpc) is 3.66. The van der Waals surface area contributed by atoms with Crippen LogP contribution in [0.2, 0.25) is 0 Å². The molecule has 0 atom stereocenters. The molecule has 1 aliphatic carbocycles. The van der Waals surface area contributed by atoms with Crippen LogP contribution in [0.15, 0.2) is 140 Å². The van der Waals surface area contributed by atoms with Gasteiger partial charge < -0.3 is 0 Å². The van der Waals surface area contributed by atoms with Crippen LogP contribution < -0.4 is 0 Å². The van der Waals surface area contributed by atoms with E-state index in [1.54, 1.807) is 11.3 Å². The molecule has 9 rings (SSSR count). The smallest absolute Gasteiger partial charge is 0.174 e. The van der Waals surface area contributed by atoms with Crippen molar-refractivity contribution in [3.8, 4) is 66.9 Å². The third kappa shape index (κ3) is 3.84. The molecule has 2 aromatic heterocycles. The Bertz CT molecular complexity index is 2290. The van der Waals surface area contributed by atoms with Gasteiger partial charge in [0.15, 0.2) is 17.5 Å². The van der Waals surface area contributed by atoms with E-state index in [-0.39, 0.29) is 0 Å². The Labute approximate surface area is 252 Å². The van der Waals surface area contributed by atoms with Crippen molar-refractivity contribution in [1.29, 1.82) is 0 Å². The van der Waals surface area contributed by atoms with E-state index in [2.05, 4.69) is 133 Å². The lowest BCUT2D eigenvalue weighted by Gasteiger charge is -2.13. The van der Waals surface area contributed by atoms with Gasteiger partial charge in [0.1, 0.15) is 0 Å². The molecule has 0 amide bonds. The van der Waals surface area contributed by atoms with Crippen LogP contribution >= 0.6 is 11.3 Å². The summed E-state index contributed by atoms with van der Waals surface area (Å²) in [7, 11) is 0. The fourth-order valence-electron chi connectivity index (χ4n) is 6.37. The van der Waals surface area contributed by atoms with Crippen LogP contribution in [0, 0.1) is 0 Å². The predicted octanol–water partition coefficient (Wildman–Crippen LogP) is 10.6. The number of aromatic nitrogens is 3. The summed E-state index contributed by atoms with van der Waals surface area (Å²) in [6, 6.07) is 49.1. The van der Waals surface area contributed by atoms with Crippen LogP contribution in [0.3, 0.4) is 0 Å². The topological polar surface area (TPSA) is 38.7 Å². The van der Waals surface area contributed by atoms with E-state index >= 15 is 0 Å². The number of nitrogens with zero attached hydrogens (tertiary/aromatic N) is 3. The lowest BCUT2D eigenvalue weighted by molar-refractivity contribution is 1.08. The molecule has 0 N–H and O–H groups in total. The molecule has 2 heterocycles. The van der Waals surface area contributed by atoms with Crippen molar-refractivity contribution in [1.82, 2.24) is 15.0 Å². The summed E-state index contributed by atoms with van der Waals surface area (Å²) in [6.07, 6.45) is 0. The number of hydrogen-bond acceptors (Lipinski definition) is 4. The number of rotatable bonds is 4. The highest BCUT2D eigenvalue weighted by molar-refractivity contribution is 7.22. The third-order valence-corrected chi connectivity index (χ3v) is 9.44. The summed E-state index contributed by atoms with van der Waals surface area (Å²) < 4.78 is 1.22. The second-order valence-corrected chi connectivity index (χ2v) is 11.9. The van der Waals surface area contributed by atoms with Crippen LogP contribution in [0.1, 0.15) is 0 Å². The summed E-state index contributed by atoms with van der Waals surface area (Å²) in [6.45, 7) is 0. The Kier molecular flexibility index (Phi) is 5.37. The largest absolute Gasteiger partial charge is 0.208 e. The van der Waals surface area contributed by atoms with Crippen molar-refractivity contribution >= 4 is 32.2 Å². The lowest BCUT2D eigenvalue weighted by atomic mass is 9.97. The van der Waals surface area contributed by atoms with Gasteiger partial charge >= 0.3 is 0 Å². The highest BCUT2D eigenvalue weighted by Crippen LogP contribution is 2.49. The first-order valence-electron chi connectivity index (χ1n) is 14.4. The highest BCUT2D eigenvalue weighted by Gasteiger charge is 2.24. The van der Waals surface area contributed by atoms with E-state index in [4.69, 9.17) is 15.0 Å². The Hall–Kier alpha value is -5.45. The molecule has 0 aliphatic heterocycles. The molecule has 0 spiro atoms. The Morgan fingerprint density at radius 3 is 1.77 bits per heavy atom. The second kappa shape index (κ2) is 9.55. The van der Waals surface area contributed by atoms with Gasteiger partial charge in [-0.1, -0.05) is 121 Å². The van der Waals surface area contributed by atoms with Crippen LogP contribution in [-0.2, 0) is 0 Å². The molecule has 43 heavy (non-hydrogen) atoms. The van der Waals surface area contributed by atoms with Gasteiger partial charge in [0, 0.05) is 15.8 Å². The van der Waals surface area contributed by atoms with Crippen LogP contribution in [0.5, 0.6) is 0 Å². The van der Waals surface area contributed by atoms with Gasteiger partial charge in [-0.05, 0) is 67.7 Å². The summed E-state index contributed by atoms with van der Waals surface area (Å²) in [5, 5.41) is 3.61. The maximum absolute atomic E-state index is 5.20. The zero-order chi connectivity index (χ0) is 28.3. The molecule has 0 bridgehead atoms. The zero-order valence-corrected chi connectivity index (χ0v) is 23.8. The van der Waals surface area contributed by atoms with Crippen LogP contribution in [0.4, 0.5) is 0 Å². The first-order valence-corrected chi connectivity index (χ1v) is 15.2. The van der Waals surface area contributed by atoms with E-state index < -0.39 is 0 Å². The van der Waals surface area contributed by atoms with Crippen molar-refractivity contribution in [2.24, 2.45) is 0 Å². The van der Waals surface area contributed by atoms with E-state index in [1.807, 2.05) is 6.07 Å². The predicted molar refractivity (Wildman–Crippen MR) is 179 cm³/mol. The maximum Gasteiger partial charge on any atom is 0.174 e. The van der Waals surface area contributed by atoms with Crippen molar-refractivity contribution in [3.05, 3.63) is 140 Å². The molecule has 3 nitrogen and oxygen atoms in total. The minimum absolute atomic E-state index is 0.670. The molecule has 1 aliphatic rings. The molecule has 0 unspecified atom stereocenters. The minimum atomic E-state index is 0.670. The highest BCUT2D eigenvalue weighted by atomic mass is 32.1. The summed E-state index contributed by atoms with van der Waals surface area (Å²) in [4.78, 5) is 16.5. The zero-order valence-electron chi connectivity index (χ0n) is 23.0. The molecule has 6 aromatic carbocycles. The van der Waals surface area contributed by atoms with Gasteiger partial charge in [-0.2, -0.15) is 0 Å². The summed E-state index contributed by atoms with van der Waals surface area (Å²) in [5.74, 6) is 2.04. The first-order chi connectivity index (χ1) is 21.3. The molecule has 8 aromatic rings. The monoisotopic (exact) mass is 565 g/mol. The number of benzene rings is 6. The van der Waals surface area contributed by atoms with Gasteiger partial charge in [0.25, 0.3) is 0 Å². The molecular formula is C39H23N3S. The Balaban J connectivity index is 1.31. The summed E-state index contributed by atoms with van der Waals surface area (Å²) >= 11 is 1.72. The van der Waals surface area contributed by atoms with Gasteiger partial charge in [-0.3, -0.25) is 0 Å². The fourth-order valence-corrected chi connectivity index (χ4v) is 7.37. The molecule has 0 saturated heterocycles. The van der Waals surface area contributed by atoms with E-state index in [9.17, 15) is 0 Å². The minimum Gasteiger partial charge on any atom is -0.208 e. The van der Waals surface area contributed by atoms with E-state index in [0.717, 1.165) is 32.5 Å². The molecule has 0 saturated carbocycles. The van der Waals surface area contributed by atoms with Crippen molar-refractivity contribution in [2.75, 3.05) is 0 Å². The maximum atomic E-state index is 5.20. The van der Waals surface area contributed by atoms with Crippen molar-refractivity contribution in [2.45, 2.75) is 0 Å². The normalized spacial score (nSPS) is 11.7. The first kappa shape index (κ1) is 24.2. The number of thiophene rings is 1. The van der Waals surface area contributed by atoms with E-state index in [0.29, 0.717) is 17.5 Å². The fraction of sp³-hybridized carbons (Fsp3) is 0. The van der Waals surface area contributed by atoms with Gasteiger partial charge in [0.05, 0.1) is 4.88 Å². The quantitative estimate of drug-likeness (QED) is 0.213. The molecule has 0 radical (unpaired) electrons. The lowest BCUT2D eigenvalue weighted by Crippen LogP contribution is -2.01. The van der Waals surface area contributed by atoms with Crippen LogP contribution in [0.25, 0.3) is 87.7 Å². The Morgan fingerprint density at radius 2 is 0.977 bits per heavy atom. The van der Waals surface area contributed by atoms with Gasteiger partial charge in [0.2, 0.25) is 0 Å². The third-order valence-electron chi connectivity index (χ3n) is 8.32. The second-order valence-electron chi connectivity index (χ2n) is 10.8.